The lowest BCUT2D eigenvalue weighted by Crippen LogP contribution is -2.32. The lowest BCUT2D eigenvalue weighted by molar-refractivity contribution is 0.0517. The standard InChI is InChI=1S/C12H18N2O4/c1-12(2,3)18-11(16)14-7-8-5-6-13-9(8)10(15)17-4/h5-6,13H,7H2,1-4H3,(H,14,16). The summed E-state index contributed by atoms with van der Waals surface area (Å²) in [6.07, 6.45) is 1.08. The maximum atomic E-state index is 11.4. The van der Waals surface area contributed by atoms with Crippen LogP contribution in [-0.4, -0.2) is 29.8 Å². The molecule has 0 saturated heterocycles. The van der Waals surface area contributed by atoms with E-state index >= 15 is 0 Å². The van der Waals surface area contributed by atoms with Gasteiger partial charge in [0.15, 0.2) is 0 Å². The average molecular weight is 254 g/mol. The molecule has 0 spiro atoms. The Balaban J connectivity index is 2.57. The minimum Gasteiger partial charge on any atom is -0.464 e. The quantitative estimate of drug-likeness (QED) is 0.806. The van der Waals surface area contributed by atoms with Gasteiger partial charge in [-0.05, 0) is 26.8 Å². The number of methoxy groups -OCH3 is 1. The number of ether oxygens (including phenoxy) is 2. The Bertz CT molecular complexity index is 432. The van der Waals surface area contributed by atoms with E-state index in [0.717, 1.165) is 0 Å². The molecule has 1 amide bonds. The Morgan fingerprint density at radius 1 is 1.39 bits per heavy atom. The summed E-state index contributed by atoms with van der Waals surface area (Å²) in [5.41, 5.74) is 0.425. The Morgan fingerprint density at radius 2 is 2.06 bits per heavy atom. The zero-order chi connectivity index (χ0) is 13.8. The van der Waals surface area contributed by atoms with Gasteiger partial charge in [-0.3, -0.25) is 0 Å². The van der Waals surface area contributed by atoms with Crippen molar-refractivity contribution in [2.45, 2.75) is 32.9 Å². The first kappa shape index (κ1) is 14.1. The Morgan fingerprint density at radius 3 is 2.61 bits per heavy atom. The number of aromatic nitrogens is 1. The molecule has 6 nitrogen and oxygen atoms in total. The van der Waals surface area contributed by atoms with E-state index < -0.39 is 17.7 Å². The van der Waals surface area contributed by atoms with Gasteiger partial charge in [0.2, 0.25) is 0 Å². The molecule has 0 aliphatic heterocycles. The summed E-state index contributed by atoms with van der Waals surface area (Å²) in [6.45, 7) is 5.54. The number of alkyl carbamates (subject to hydrolysis) is 1. The highest BCUT2D eigenvalue weighted by atomic mass is 16.6. The number of esters is 1. The highest BCUT2D eigenvalue weighted by Gasteiger charge is 2.17. The molecule has 0 unspecified atom stereocenters. The number of nitrogens with one attached hydrogen (secondary N) is 2. The zero-order valence-electron chi connectivity index (χ0n) is 11.0. The molecule has 0 atom stereocenters. The van der Waals surface area contributed by atoms with Gasteiger partial charge in [-0.2, -0.15) is 0 Å². The summed E-state index contributed by atoms with van der Waals surface area (Å²) in [7, 11) is 1.30. The van der Waals surface area contributed by atoms with Crippen molar-refractivity contribution < 1.29 is 19.1 Å². The highest BCUT2D eigenvalue weighted by Crippen LogP contribution is 2.09. The van der Waals surface area contributed by atoms with Gasteiger partial charge < -0.3 is 19.8 Å². The number of H-pyrrole nitrogens is 1. The summed E-state index contributed by atoms with van der Waals surface area (Å²) in [5.74, 6) is -0.471. The zero-order valence-corrected chi connectivity index (χ0v) is 11.0. The minimum absolute atomic E-state index is 0.197. The predicted molar refractivity (Wildman–Crippen MR) is 65.2 cm³/mol. The van der Waals surface area contributed by atoms with Crippen LogP contribution in [0.2, 0.25) is 0 Å². The number of carbonyl (C=O) groups is 2. The van der Waals surface area contributed by atoms with Crippen molar-refractivity contribution in [3.05, 3.63) is 23.5 Å². The van der Waals surface area contributed by atoms with Gasteiger partial charge in [-0.15, -0.1) is 0 Å². The van der Waals surface area contributed by atoms with E-state index in [1.807, 2.05) is 0 Å². The number of aromatic amines is 1. The van der Waals surface area contributed by atoms with E-state index in [-0.39, 0.29) is 6.54 Å². The lowest BCUT2D eigenvalue weighted by atomic mass is 10.2. The first-order valence-corrected chi connectivity index (χ1v) is 5.55. The SMILES string of the molecule is COC(=O)c1[nH]ccc1CNC(=O)OC(C)(C)C. The van der Waals surface area contributed by atoms with Gasteiger partial charge in [0.1, 0.15) is 11.3 Å². The van der Waals surface area contributed by atoms with E-state index in [9.17, 15) is 9.59 Å². The molecule has 0 aliphatic carbocycles. The lowest BCUT2D eigenvalue weighted by Gasteiger charge is -2.19. The van der Waals surface area contributed by atoms with Gasteiger partial charge >= 0.3 is 12.1 Å². The summed E-state index contributed by atoms with van der Waals surface area (Å²) in [4.78, 5) is 25.6. The van der Waals surface area contributed by atoms with Crippen molar-refractivity contribution >= 4 is 12.1 Å². The van der Waals surface area contributed by atoms with Crippen LogP contribution < -0.4 is 5.32 Å². The Hall–Kier alpha value is -1.98. The molecule has 0 saturated carbocycles. The topological polar surface area (TPSA) is 80.4 Å². The van der Waals surface area contributed by atoms with Crippen LogP contribution in [0.1, 0.15) is 36.8 Å². The van der Waals surface area contributed by atoms with Gasteiger partial charge in [-0.25, -0.2) is 9.59 Å². The third-order valence-corrected chi connectivity index (χ3v) is 2.04. The van der Waals surface area contributed by atoms with Gasteiger partial charge in [0, 0.05) is 18.3 Å². The molecule has 2 N–H and O–H groups in total. The van der Waals surface area contributed by atoms with Crippen molar-refractivity contribution in [2.24, 2.45) is 0 Å². The number of carbonyl (C=O) groups excluding carboxylic acids is 2. The van der Waals surface area contributed by atoms with Crippen molar-refractivity contribution in [1.29, 1.82) is 0 Å². The monoisotopic (exact) mass is 254 g/mol. The first-order chi connectivity index (χ1) is 8.33. The van der Waals surface area contributed by atoms with Crippen LogP contribution >= 0.6 is 0 Å². The van der Waals surface area contributed by atoms with Crippen LogP contribution in [0.5, 0.6) is 0 Å². The number of rotatable bonds is 3. The second-order valence-corrected chi connectivity index (χ2v) is 4.72. The number of amides is 1. The van der Waals surface area contributed by atoms with E-state index in [0.29, 0.717) is 11.3 Å². The average Bonchev–Trinajstić information content (AvgIpc) is 2.71. The van der Waals surface area contributed by atoms with E-state index in [2.05, 4.69) is 15.0 Å². The molecule has 0 aliphatic rings. The Kier molecular flexibility index (Phi) is 4.36. The molecule has 1 rings (SSSR count). The number of hydrogen-bond acceptors (Lipinski definition) is 4. The van der Waals surface area contributed by atoms with Crippen molar-refractivity contribution in [3.63, 3.8) is 0 Å². The van der Waals surface area contributed by atoms with Crippen molar-refractivity contribution in [1.82, 2.24) is 10.3 Å². The van der Waals surface area contributed by atoms with Gasteiger partial charge in [-0.1, -0.05) is 0 Å². The second-order valence-electron chi connectivity index (χ2n) is 4.72. The van der Waals surface area contributed by atoms with Crippen LogP contribution in [0.3, 0.4) is 0 Å². The third kappa shape index (κ3) is 4.12. The maximum absolute atomic E-state index is 11.4. The van der Waals surface area contributed by atoms with Crippen molar-refractivity contribution in [2.75, 3.05) is 7.11 Å². The largest absolute Gasteiger partial charge is 0.464 e. The maximum Gasteiger partial charge on any atom is 0.407 e. The van der Waals surface area contributed by atoms with Crippen LogP contribution in [0.15, 0.2) is 12.3 Å². The van der Waals surface area contributed by atoms with E-state index in [1.165, 1.54) is 7.11 Å². The summed E-state index contributed by atoms with van der Waals surface area (Å²) >= 11 is 0. The molecule has 0 radical (unpaired) electrons. The normalized spacial score (nSPS) is 10.9. The fourth-order valence-electron chi connectivity index (χ4n) is 1.32. The van der Waals surface area contributed by atoms with Crippen LogP contribution in [-0.2, 0) is 16.0 Å². The molecule has 1 aromatic rings. The molecule has 0 bridgehead atoms. The third-order valence-electron chi connectivity index (χ3n) is 2.04. The molecular formula is C12H18N2O4. The van der Waals surface area contributed by atoms with Gasteiger partial charge in [0.25, 0.3) is 0 Å². The molecule has 0 aromatic carbocycles. The van der Waals surface area contributed by atoms with E-state index in [4.69, 9.17) is 4.74 Å². The van der Waals surface area contributed by atoms with Crippen LogP contribution in [0.4, 0.5) is 4.79 Å². The molecule has 0 fully saturated rings. The molecular weight excluding hydrogens is 236 g/mol. The summed E-state index contributed by atoms with van der Waals surface area (Å²) in [5, 5.41) is 2.57. The molecule has 100 valence electrons. The predicted octanol–water partition coefficient (Wildman–Crippen LogP) is 1.83. The summed E-state index contributed by atoms with van der Waals surface area (Å²) < 4.78 is 9.69. The minimum atomic E-state index is -0.548. The van der Waals surface area contributed by atoms with E-state index in [1.54, 1.807) is 33.0 Å². The Labute approximate surface area is 106 Å². The fourth-order valence-corrected chi connectivity index (χ4v) is 1.32. The fraction of sp³-hybridized carbons (Fsp3) is 0.500. The molecule has 6 heteroatoms. The highest BCUT2D eigenvalue weighted by molar-refractivity contribution is 5.89. The van der Waals surface area contributed by atoms with Crippen molar-refractivity contribution in [3.8, 4) is 0 Å². The van der Waals surface area contributed by atoms with Gasteiger partial charge in [0.05, 0.1) is 7.11 Å². The molecule has 1 aromatic heterocycles. The molecule has 1 heterocycles. The second kappa shape index (κ2) is 5.57. The number of hydrogen-bond donors (Lipinski definition) is 2. The smallest absolute Gasteiger partial charge is 0.407 e. The van der Waals surface area contributed by atoms with Crippen LogP contribution in [0, 0.1) is 0 Å². The van der Waals surface area contributed by atoms with Crippen LogP contribution in [0.25, 0.3) is 0 Å². The molecule has 18 heavy (non-hydrogen) atoms. The first-order valence-electron chi connectivity index (χ1n) is 5.55. The summed E-state index contributed by atoms with van der Waals surface area (Å²) in [6, 6.07) is 1.70.